The van der Waals surface area contributed by atoms with Crippen LogP contribution in [0.25, 0.3) is 0 Å². The highest BCUT2D eigenvalue weighted by atomic mass is 35.5. The molecular formula is C16H24ClNO2. The van der Waals surface area contributed by atoms with Crippen molar-refractivity contribution >= 4 is 23.3 Å². The van der Waals surface area contributed by atoms with E-state index in [1.807, 2.05) is 24.3 Å². The highest BCUT2D eigenvalue weighted by Gasteiger charge is 2.08. The molecule has 1 rings (SSSR count). The molecule has 1 aromatic rings. The standard InChI is InChI=1S/C16H24ClNO2/c1-2-3-4-5-6-12-18(13-11-16(19)20)15-9-7-14(17)8-10-15/h7-10H,2-6,11-13H2,1H3,(H,19,20). The van der Waals surface area contributed by atoms with Crippen LogP contribution in [0.3, 0.4) is 0 Å². The summed E-state index contributed by atoms with van der Waals surface area (Å²) in [5.74, 6) is -0.755. The van der Waals surface area contributed by atoms with Crippen molar-refractivity contribution in [2.45, 2.75) is 45.4 Å². The smallest absolute Gasteiger partial charge is 0.305 e. The summed E-state index contributed by atoms with van der Waals surface area (Å²) >= 11 is 5.89. The third-order valence-corrected chi connectivity index (χ3v) is 3.57. The van der Waals surface area contributed by atoms with Gasteiger partial charge in [0.1, 0.15) is 0 Å². The molecule has 0 aliphatic rings. The lowest BCUT2D eigenvalue weighted by Gasteiger charge is -2.24. The lowest BCUT2D eigenvalue weighted by Crippen LogP contribution is -2.27. The molecular weight excluding hydrogens is 274 g/mol. The van der Waals surface area contributed by atoms with Crippen LogP contribution in [-0.4, -0.2) is 24.2 Å². The first-order chi connectivity index (χ1) is 9.63. The van der Waals surface area contributed by atoms with Gasteiger partial charge in [0.15, 0.2) is 0 Å². The maximum Gasteiger partial charge on any atom is 0.305 e. The van der Waals surface area contributed by atoms with Gasteiger partial charge in [0.05, 0.1) is 6.42 Å². The van der Waals surface area contributed by atoms with Gasteiger partial charge in [0.2, 0.25) is 0 Å². The predicted octanol–water partition coefficient (Wildman–Crippen LogP) is 4.59. The van der Waals surface area contributed by atoms with Crippen LogP contribution in [0.1, 0.15) is 45.4 Å². The number of benzene rings is 1. The van der Waals surface area contributed by atoms with E-state index in [0.717, 1.165) is 18.7 Å². The summed E-state index contributed by atoms with van der Waals surface area (Å²) in [6, 6.07) is 7.61. The Morgan fingerprint density at radius 2 is 1.75 bits per heavy atom. The topological polar surface area (TPSA) is 40.5 Å². The van der Waals surface area contributed by atoms with Gasteiger partial charge in [0.25, 0.3) is 0 Å². The number of carbonyl (C=O) groups is 1. The van der Waals surface area contributed by atoms with Crippen LogP contribution in [-0.2, 0) is 4.79 Å². The molecule has 1 N–H and O–H groups in total. The second-order valence-electron chi connectivity index (χ2n) is 5.02. The summed E-state index contributed by atoms with van der Waals surface area (Å²) in [4.78, 5) is 12.9. The zero-order valence-corrected chi connectivity index (χ0v) is 12.9. The number of unbranched alkanes of at least 4 members (excludes halogenated alkanes) is 4. The van der Waals surface area contributed by atoms with Crippen molar-refractivity contribution in [3.05, 3.63) is 29.3 Å². The normalized spacial score (nSPS) is 10.5. The summed E-state index contributed by atoms with van der Waals surface area (Å²) in [6.07, 6.45) is 6.23. The van der Waals surface area contributed by atoms with Gasteiger partial charge in [-0.2, -0.15) is 0 Å². The van der Waals surface area contributed by atoms with Gasteiger partial charge in [-0.1, -0.05) is 44.2 Å². The Morgan fingerprint density at radius 3 is 2.35 bits per heavy atom. The predicted molar refractivity (Wildman–Crippen MR) is 84.7 cm³/mol. The molecule has 4 heteroatoms. The van der Waals surface area contributed by atoms with Crippen molar-refractivity contribution < 1.29 is 9.90 Å². The first-order valence-corrected chi connectivity index (χ1v) is 7.73. The third-order valence-electron chi connectivity index (χ3n) is 3.32. The molecule has 0 bridgehead atoms. The van der Waals surface area contributed by atoms with Crippen molar-refractivity contribution in [1.29, 1.82) is 0 Å². The fourth-order valence-electron chi connectivity index (χ4n) is 2.16. The molecule has 20 heavy (non-hydrogen) atoms. The van der Waals surface area contributed by atoms with Crippen molar-refractivity contribution in [1.82, 2.24) is 0 Å². The van der Waals surface area contributed by atoms with E-state index < -0.39 is 5.97 Å². The zero-order valence-electron chi connectivity index (χ0n) is 12.1. The highest BCUT2D eigenvalue weighted by molar-refractivity contribution is 6.30. The van der Waals surface area contributed by atoms with Gasteiger partial charge < -0.3 is 10.0 Å². The molecule has 0 fully saturated rings. The number of hydrogen-bond donors (Lipinski definition) is 1. The Labute approximate surface area is 126 Å². The molecule has 3 nitrogen and oxygen atoms in total. The van der Waals surface area contributed by atoms with Crippen LogP contribution >= 0.6 is 11.6 Å². The lowest BCUT2D eigenvalue weighted by atomic mass is 10.1. The van der Waals surface area contributed by atoms with Gasteiger partial charge in [-0.05, 0) is 30.7 Å². The number of rotatable bonds is 10. The molecule has 0 spiro atoms. The van der Waals surface area contributed by atoms with Crippen molar-refractivity contribution in [3.63, 3.8) is 0 Å². The van der Waals surface area contributed by atoms with Gasteiger partial charge in [-0.25, -0.2) is 0 Å². The van der Waals surface area contributed by atoms with Gasteiger partial charge >= 0.3 is 5.97 Å². The van der Waals surface area contributed by atoms with E-state index in [4.69, 9.17) is 16.7 Å². The first-order valence-electron chi connectivity index (χ1n) is 7.35. The molecule has 0 saturated heterocycles. The van der Waals surface area contributed by atoms with Crippen molar-refractivity contribution in [3.8, 4) is 0 Å². The Bertz CT molecular complexity index is 392. The van der Waals surface area contributed by atoms with E-state index in [9.17, 15) is 4.79 Å². The summed E-state index contributed by atoms with van der Waals surface area (Å²) in [5, 5.41) is 9.55. The fourth-order valence-corrected chi connectivity index (χ4v) is 2.28. The number of aliphatic carboxylic acids is 1. The summed E-state index contributed by atoms with van der Waals surface area (Å²) in [5.41, 5.74) is 1.05. The Morgan fingerprint density at radius 1 is 1.10 bits per heavy atom. The third kappa shape index (κ3) is 6.80. The Kier molecular flexibility index (Phi) is 8.12. The van der Waals surface area contributed by atoms with Crippen LogP contribution in [0.15, 0.2) is 24.3 Å². The SMILES string of the molecule is CCCCCCCN(CCC(=O)O)c1ccc(Cl)cc1. The largest absolute Gasteiger partial charge is 0.481 e. The van der Waals surface area contributed by atoms with Gasteiger partial charge in [-0.15, -0.1) is 0 Å². The van der Waals surface area contributed by atoms with E-state index in [1.54, 1.807) is 0 Å². The Balaban J connectivity index is 2.51. The summed E-state index contributed by atoms with van der Waals surface area (Å²) in [7, 11) is 0. The minimum absolute atomic E-state index is 0.164. The van der Waals surface area contributed by atoms with Gasteiger partial charge in [0, 0.05) is 23.8 Å². The molecule has 0 amide bonds. The average molecular weight is 298 g/mol. The zero-order chi connectivity index (χ0) is 14.8. The molecule has 0 aliphatic heterocycles. The van der Waals surface area contributed by atoms with Crippen LogP contribution in [0.5, 0.6) is 0 Å². The van der Waals surface area contributed by atoms with E-state index >= 15 is 0 Å². The molecule has 0 heterocycles. The number of hydrogen-bond acceptors (Lipinski definition) is 2. The van der Waals surface area contributed by atoms with Gasteiger partial charge in [-0.3, -0.25) is 4.79 Å². The first kappa shape index (κ1) is 16.8. The lowest BCUT2D eigenvalue weighted by molar-refractivity contribution is -0.136. The molecule has 0 saturated carbocycles. The second kappa shape index (κ2) is 9.65. The fraction of sp³-hybridized carbons (Fsp3) is 0.562. The van der Waals surface area contributed by atoms with Crippen molar-refractivity contribution in [2.24, 2.45) is 0 Å². The maximum absolute atomic E-state index is 10.8. The van der Waals surface area contributed by atoms with Crippen LogP contribution in [0.4, 0.5) is 5.69 Å². The minimum Gasteiger partial charge on any atom is -0.481 e. The quantitative estimate of drug-likeness (QED) is 0.642. The maximum atomic E-state index is 10.8. The number of carboxylic acids is 1. The minimum atomic E-state index is -0.755. The average Bonchev–Trinajstić information content (AvgIpc) is 2.43. The number of anilines is 1. The van der Waals surface area contributed by atoms with Crippen LogP contribution in [0, 0.1) is 0 Å². The summed E-state index contributed by atoms with van der Waals surface area (Å²) in [6.45, 7) is 3.65. The second-order valence-corrected chi connectivity index (χ2v) is 5.46. The van der Waals surface area contributed by atoms with E-state index in [-0.39, 0.29) is 6.42 Å². The molecule has 112 valence electrons. The number of halogens is 1. The summed E-state index contributed by atoms with van der Waals surface area (Å²) < 4.78 is 0. The monoisotopic (exact) mass is 297 g/mol. The van der Waals surface area contributed by atoms with E-state index in [2.05, 4.69) is 11.8 Å². The highest BCUT2D eigenvalue weighted by Crippen LogP contribution is 2.19. The Hall–Kier alpha value is -1.22. The van der Waals surface area contributed by atoms with Crippen LogP contribution < -0.4 is 4.90 Å². The molecule has 0 aromatic heterocycles. The molecule has 0 aliphatic carbocycles. The van der Waals surface area contributed by atoms with E-state index in [0.29, 0.717) is 11.6 Å². The molecule has 0 atom stereocenters. The molecule has 1 aromatic carbocycles. The number of carboxylic acid groups (broad SMARTS) is 1. The van der Waals surface area contributed by atoms with Crippen molar-refractivity contribution in [2.75, 3.05) is 18.0 Å². The van der Waals surface area contributed by atoms with E-state index in [1.165, 1.54) is 25.7 Å². The molecule has 0 unspecified atom stereocenters. The van der Waals surface area contributed by atoms with Crippen LogP contribution in [0.2, 0.25) is 5.02 Å². The molecule has 0 radical (unpaired) electrons. The number of nitrogens with zero attached hydrogens (tertiary/aromatic N) is 1.